The molecular weight excluding hydrogens is 336 g/mol. The summed E-state index contributed by atoms with van der Waals surface area (Å²) in [4.78, 5) is 0. The third kappa shape index (κ3) is 3.43. The zero-order valence-corrected chi connectivity index (χ0v) is 15.0. The summed E-state index contributed by atoms with van der Waals surface area (Å²) >= 11 is 6.56. The molecule has 128 valence electrons. The summed E-state index contributed by atoms with van der Waals surface area (Å²) in [6, 6.07) is 9.80. The molecule has 0 aromatic heterocycles. The molecule has 1 N–H and O–H groups in total. The highest BCUT2D eigenvalue weighted by molar-refractivity contribution is 7.91. The average Bonchev–Trinajstić information content (AvgIpc) is 2.69. The Morgan fingerprint density at radius 1 is 1.30 bits per heavy atom. The predicted octanol–water partition coefficient (Wildman–Crippen LogP) is 2.48. The Kier molecular flexibility index (Phi) is 4.28. The molecule has 2 fully saturated rings. The molecule has 6 heteroatoms. The number of ether oxygens (including phenoxy) is 1. The van der Waals surface area contributed by atoms with Gasteiger partial charge >= 0.3 is 0 Å². The van der Waals surface area contributed by atoms with E-state index in [0.717, 1.165) is 5.56 Å². The van der Waals surface area contributed by atoms with Gasteiger partial charge < -0.3 is 9.84 Å². The predicted molar refractivity (Wildman–Crippen MR) is 90.3 cm³/mol. The Hall–Kier alpha value is -0.620. The lowest BCUT2D eigenvalue weighted by Crippen LogP contribution is -2.49. The topological polar surface area (TPSA) is 63.6 Å². The van der Waals surface area contributed by atoms with Gasteiger partial charge in [0.2, 0.25) is 0 Å². The highest BCUT2D eigenvalue weighted by Crippen LogP contribution is 2.51. The molecule has 0 spiro atoms. The molecule has 1 aliphatic carbocycles. The maximum Gasteiger partial charge on any atom is 0.160 e. The van der Waals surface area contributed by atoms with Crippen LogP contribution in [-0.4, -0.2) is 42.3 Å². The molecule has 1 aliphatic heterocycles. The van der Waals surface area contributed by atoms with Crippen LogP contribution in [-0.2, 0) is 20.0 Å². The Bertz CT molecular complexity index is 668. The van der Waals surface area contributed by atoms with Crippen molar-refractivity contribution in [2.24, 2.45) is 5.92 Å². The largest absolute Gasteiger partial charge is 0.366 e. The summed E-state index contributed by atoms with van der Waals surface area (Å²) in [7, 11) is -3.10. The summed E-state index contributed by atoms with van der Waals surface area (Å²) in [5.74, 6) is -0.996. The Morgan fingerprint density at radius 2 is 1.96 bits per heavy atom. The van der Waals surface area contributed by atoms with Crippen molar-refractivity contribution < 1.29 is 18.3 Å². The van der Waals surface area contributed by atoms with Gasteiger partial charge in [-0.15, -0.1) is 11.6 Å². The van der Waals surface area contributed by atoms with Gasteiger partial charge in [-0.1, -0.05) is 30.3 Å². The number of halogens is 1. The van der Waals surface area contributed by atoms with Crippen molar-refractivity contribution in [1.29, 1.82) is 0 Å². The number of rotatable bonds is 3. The van der Waals surface area contributed by atoms with Gasteiger partial charge in [0, 0.05) is 5.41 Å². The first-order valence-corrected chi connectivity index (χ1v) is 10.2. The van der Waals surface area contributed by atoms with Crippen LogP contribution in [0.4, 0.5) is 0 Å². The Morgan fingerprint density at radius 3 is 2.57 bits per heavy atom. The van der Waals surface area contributed by atoms with E-state index in [4.69, 9.17) is 16.3 Å². The quantitative estimate of drug-likeness (QED) is 0.666. The minimum atomic E-state index is -3.10. The first-order chi connectivity index (χ1) is 10.6. The fraction of sp³-hybridized carbons (Fsp3) is 0.647. The fourth-order valence-corrected chi connectivity index (χ4v) is 7.08. The molecule has 23 heavy (non-hydrogen) atoms. The molecule has 0 radical (unpaired) electrons. The molecule has 4 nitrogen and oxygen atoms in total. The lowest BCUT2D eigenvalue weighted by atomic mass is 9.63. The maximum atomic E-state index is 12.3. The summed E-state index contributed by atoms with van der Waals surface area (Å²) in [5, 5.41) is 9.59. The number of benzene rings is 1. The van der Waals surface area contributed by atoms with Crippen LogP contribution in [0.1, 0.15) is 32.3 Å². The van der Waals surface area contributed by atoms with Gasteiger partial charge in [0.1, 0.15) is 0 Å². The number of hydrogen-bond donors (Lipinski definition) is 1. The third-order valence-electron chi connectivity index (χ3n) is 4.98. The van der Waals surface area contributed by atoms with Gasteiger partial charge in [0.15, 0.2) is 15.6 Å². The van der Waals surface area contributed by atoms with Gasteiger partial charge in [0.05, 0.1) is 23.0 Å². The minimum absolute atomic E-state index is 0.0303. The van der Waals surface area contributed by atoms with Crippen LogP contribution >= 0.6 is 11.6 Å². The molecule has 3 rings (SSSR count). The normalized spacial score (nSPS) is 36.6. The lowest BCUT2D eigenvalue weighted by Gasteiger charge is -2.45. The first kappa shape index (κ1) is 17.2. The second kappa shape index (κ2) is 5.73. The van der Waals surface area contributed by atoms with E-state index in [1.807, 2.05) is 30.3 Å². The van der Waals surface area contributed by atoms with Crippen molar-refractivity contribution in [1.82, 2.24) is 0 Å². The highest BCUT2D eigenvalue weighted by Gasteiger charge is 2.56. The second-order valence-corrected chi connectivity index (χ2v) is 10.0. The SMILES string of the molecule is CC(C)(O)O[C@H]1C[C@H]2CS(=O)(=O)C[C@@]2(c2ccccc2)C[C@@H]1Cl. The van der Waals surface area contributed by atoms with Crippen LogP contribution < -0.4 is 0 Å². The number of alkyl halides is 1. The zero-order valence-electron chi connectivity index (χ0n) is 13.4. The van der Waals surface area contributed by atoms with Crippen molar-refractivity contribution in [2.75, 3.05) is 11.5 Å². The molecule has 1 saturated carbocycles. The molecule has 0 bridgehead atoms. The summed E-state index contributed by atoms with van der Waals surface area (Å²) in [6.07, 6.45) is 0.752. The zero-order chi connectivity index (χ0) is 16.9. The monoisotopic (exact) mass is 358 g/mol. The molecule has 0 amide bonds. The Balaban J connectivity index is 1.96. The third-order valence-corrected chi connectivity index (χ3v) is 7.28. The average molecular weight is 359 g/mol. The Labute approximate surface area is 142 Å². The van der Waals surface area contributed by atoms with Crippen LogP contribution in [0, 0.1) is 5.92 Å². The summed E-state index contributed by atoms with van der Waals surface area (Å²) < 4.78 is 30.4. The molecule has 0 unspecified atom stereocenters. The van der Waals surface area contributed by atoms with E-state index in [1.54, 1.807) is 13.8 Å². The van der Waals surface area contributed by atoms with E-state index in [2.05, 4.69) is 0 Å². The molecule has 2 aliphatic rings. The van der Waals surface area contributed by atoms with E-state index in [0.29, 0.717) is 12.8 Å². The first-order valence-electron chi connectivity index (χ1n) is 7.92. The minimum Gasteiger partial charge on any atom is -0.366 e. The van der Waals surface area contributed by atoms with E-state index in [9.17, 15) is 13.5 Å². The smallest absolute Gasteiger partial charge is 0.160 e. The van der Waals surface area contributed by atoms with E-state index >= 15 is 0 Å². The van der Waals surface area contributed by atoms with Crippen molar-refractivity contribution in [3.8, 4) is 0 Å². The van der Waals surface area contributed by atoms with Crippen molar-refractivity contribution >= 4 is 21.4 Å². The number of aliphatic hydroxyl groups is 1. The van der Waals surface area contributed by atoms with Crippen LogP contribution in [0.3, 0.4) is 0 Å². The summed E-state index contributed by atoms with van der Waals surface area (Å²) in [6.45, 7) is 3.14. The number of hydrogen-bond acceptors (Lipinski definition) is 4. The van der Waals surface area contributed by atoms with Crippen LogP contribution in [0.5, 0.6) is 0 Å². The maximum absolute atomic E-state index is 12.3. The van der Waals surface area contributed by atoms with Crippen LogP contribution in [0.2, 0.25) is 0 Å². The van der Waals surface area contributed by atoms with Crippen molar-refractivity contribution in [3.05, 3.63) is 35.9 Å². The molecule has 1 heterocycles. The van der Waals surface area contributed by atoms with Gasteiger partial charge in [-0.3, -0.25) is 0 Å². The van der Waals surface area contributed by atoms with Crippen LogP contribution in [0.25, 0.3) is 0 Å². The number of sulfone groups is 1. The van der Waals surface area contributed by atoms with Crippen molar-refractivity contribution in [3.63, 3.8) is 0 Å². The van der Waals surface area contributed by atoms with E-state index in [1.165, 1.54) is 0 Å². The van der Waals surface area contributed by atoms with Gasteiger partial charge in [-0.25, -0.2) is 8.42 Å². The lowest BCUT2D eigenvalue weighted by molar-refractivity contribution is -0.214. The molecular formula is C17H23ClO4S. The molecule has 1 aromatic rings. The number of fused-ring (bicyclic) bond motifs is 1. The molecule has 4 atom stereocenters. The van der Waals surface area contributed by atoms with Gasteiger partial charge in [-0.2, -0.15) is 0 Å². The van der Waals surface area contributed by atoms with Gasteiger partial charge in [0.25, 0.3) is 0 Å². The highest BCUT2D eigenvalue weighted by atomic mass is 35.5. The van der Waals surface area contributed by atoms with E-state index in [-0.39, 0.29) is 28.9 Å². The molecule has 1 aromatic carbocycles. The van der Waals surface area contributed by atoms with Crippen molar-refractivity contribution in [2.45, 2.75) is 49.4 Å². The van der Waals surface area contributed by atoms with Gasteiger partial charge in [-0.05, 0) is 38.2 Å². The second-order valence-electron chi connectivity index (χ2n) is 7.33. The fourth-order valence-electron chi connectivity index (χ4n) is 4.16. The molecule has 1 saturated heterocycles. The van der Waals surface area contributed by atoms with E-state index < -0.39 is 21.0 Å². The standard InChI is InChI=1S/C17H23ClO4S/c1-16(2,19)22-15-8-13-10-23(20,21)11-17(13,9-14(15)18)12-6-4-3-5-7-12/h3-7,13-15,19H,8-11H2,1-2H3/t13-,14-,15-,17+/m0/s1. The van der Waals surface area contributed by atoms with Crippen LogP contribution in [0.15, 0.2) is 30.3 Å². The summed E-state index contributed by atoms with van der Waals surface area (Å²) in [5.41, 5.74) is 0.602.